The first-order chi connectivity index (χ1) is 16.1. The summed E-state index contributed by atoms with van der Waals surface area (Å²) in [6.45, 7) is 1.57. The molecule has 1 saturated carbocycles. The Balaban J connectivity index is 1.26. The number of carbonyl (C=O) groups is 2. The molecule has 2 heterocycles. The fourth-order valence-corrected chi connectivity index (χ4v) is 6.05. The minimum atomic E-state index is 0.136. The van der Waals surface area contributed by atoms with Crippen molar-refractivity contribution in [2.24, 2.45) is 5.92 Å². The van der Waals surface area contributed by atoms with Crippen LogP contribution in [0, 0.1) is 5.92 Å². The summed E-state index contributed by atoms with van der Waals surface area (Å²) in [6, 6.07) is 14.3. The largest absolute Gasteiger partial charge is 0.497 e. The zero-order valence-corrected chi connectivity index (χ0v) is 19.6. The highest BCUT2D eigenvalue weighted by molar-refractivity contribution is 5.98. The first-order valence-electron chi connectivity index (χ1n) is 12.5. The Morgan fingerprint density at radius 2 is 1.85 bits per heavy atom. The second-order valence-electron chi connectivity index (χ2n) is 9.74. The van der Waals surface area contributed by atoms with Crippen LogP contribution >= 0.6 is 0 Å². The number of hydrogen-bond acceptors (Lipinski definition) is 3. The number of amides is 2. The molecule has 5 rings (SSSR count). The third-order valence-electron chi connectivity index (χ3n) is 7.79. The molecule has 33 heavy (non-hydrogen) atoms. The van der Waals surface area contributed by atoms with E-state index in [1.165, 1.54) is 25.7 Å². The molecule has 1 saturated heterocycles. The number of benzene rings is 2. The van der Waals surface area contributed by atoms with E-state index in [4.69, 9.17) is 4.74 Å². The average molecular weight is 447 g/mol. The van der Waals surface area contributed by atoms with Crippen LogP contribution in [0.5, 0.6) is 5.75 Å². The van der Waals surface area contributed by atoms with E-state index in [1.54, 1.807) is 7.11 Å². The van der Waals surface area contributed by atoms with Crippen LogP contribution in [0.25, 0.3) is 0 Å². The van der Waals surface area contributed by atoms with Gasteiger partial charge in [0.15, 0.2) is 0 Å². The molecule has 2 aromatic rings. The zero-order chi connectivity index (χ0) is 22.8. The topological polar surface area (TPSA) is 49.9 Å². The molecule has 0 radical (unpaired) electrons. The predicted molar refractivity (Wildman–Crippen MR) is 130 cm³/mol. The number of likely N-dealkylation sites (tertiary alicyclic amines) is 1. The number of ether oxygens (including phenoxy) is 1. The molecule has 1 aliphatic carbocycles. The minimum absolute atomic E-state index is 0.136. The molecule has 2 aromatic carbocycles. The van der Waals surface area contributed by atoms with Gasteiger partial charge in [0.1, 0.15) is 5.75 Å². The number of piperidine rings is 1. The van der Waals surface area contributed by atoms with Gasteiger partial charge >= 0.3 is 0 Å². The summed E-state index contributed by atoms with van der Waals surface area (Å²) in [4.78, 5) is 30.4. The Morgan fingerprint density at radius 3 is 2.73 bits per heavy atom. The molecule has 2 aliphatic heterocycles. The maximum atomic E-state index is 13.4. The molecule has 2 fully saturated rings. The maximum Gasteiger partial charge on any atom is 0.254 e. The van der Waals surface area contributed by atoms with Crippen molar-refractivity contribution in [1.29, 1.82) is 0 Å². The third-order valence-corrected chi connectivity index (χ3v) is 7.79. The number of rotatable bonds is 5. The van der Waals surface area contributed by atoms with Gasteiger partial charge in [-0.05, 0) is 85.9 Å². The molecule has 0 N–H and O–H groups in total. The molecule has 0 aromatic heterocycles. The first kappa shape index (κ1) is 22.0. The van der Waals surface area contributed by atoms with Crippen molar-refractivity contribution in [2.45, 2.75) is 63.8 Å². The van der Waals surface area contributed by atoms with Crippen LogP contribution in [0.4, 0.5) is 5.69 Å². The van der Waals surface area contributed by atoms with E-state index in [0.29, 0.717) is 31.3 Å². The van der Waals surface area contributed by atoms with Crippen LogP contribution in [-0.2, 0) is 17.6 Å². The van der Waals surface area contributed by atoms with Gasteiger partial charge in [-0.1, -0.05) is 25.0 Å². The van der Waals surface area contributed by atoms with E-state index in [0.717, 1.165) is 53.9 Å². The van der Waals surface area contributed by atoms with Crippen LogP contribution < -0.4 is 9.64 Å². The number of hydrogen-bond donors (Lipinski definition) is 0. The van der Waals surface area contributed by atoms with E-state index in [9.17, 15) is 9.59 Å². The number of methoxy groups -OCH3 is 1. The second kappa shape index (κ2) is 9.58. The lowest BCUT2D eigenvalue weighted by Gasteiger charge is -2.44. The van der Waals surface area contributed by atoms with Gasteiger partial charge in [-0.2, -0.15) is 0 Å². The Bertz CT molecular complexity index is 1030. The molecule has 2 unspecified atom stereocenters. The van der Waals surface area contributed by atoms with Gasteiger partial charge in [0, 0.05) is 36.8 Å². The first-order valence-corrected chi connectivity index (χ1v) is 12.5. The van der Waals surface area contributed by atoms with Crippen molar-refractivity contribution in [2.75, 3.05) is 25.1 Å². The van der Waals surface area contributed by atoms with E-state index in [1.807, 2.05) is 47.4 Å². The normalized spacial score (nSPS) is 22.0. The molecule has 5 heteroatoms. The Morgan fingerprint density at radius 1 is 1.00 bits per heavy atom. The molecular weight excluding hydrogens is 412 g/mol. The maximum absolute atomic E-state index is 13.4. The van der Waals surface area contributed by atoms with Gasteiger partial charge in [0.2, 0.25) is 5.91 Å². The minimum Gasteiger partial charge on any atom is -0.497 e. The molecule has 0 spiro atoms. The van der Waals surface area contributed by atoms with E-state index in [2.05, 4.69) is 4.90 Å². The van der Waals surface area contributed by atoms with Crippen molar-refractivity contribution in [3.63, 3.8) is 0 Å². The molecule has 174 valence electrons. The van der Waals surface area contributed by atoms with Crippen LogP contribution in [0.3, 0.4) is 0 Å². The lowest BCUT2D eigenvalue weighted by atomic mass is 9.78. The lowest BCUT2D eigenvalue weighted by molar-refractivity contribution is -0.118. The highest BCUT2D eigenvalue weighted by atomic mass is 16.5. The SMILES string of the molecule is COc1cccc(CCC(=O)N2CCc3cc(C(=O)N4CCCC5CCCCC54)ccc32)c1. The summed E-state index contributed by atoms with van der Waals surface area (Å²) in [5, 5.41) is 0. The Hall–Kier alpha value is -2.82. The summed E-state index contributed by atoms with van der Waals surface area (Å²) in [7, 11) is 1.66. The Kier molecular flexibility index (Phi) is 6.39. The molecule has 3 aliphatic rings. The summed E-state index contributed by atoms with van der Waals surface area (Å²) in [5.41, 5.74) is 3.97. The summed E-state index contributed by atoms with van der Waals surface area (Å²) >= 11 is 0. The average Bonchev–Trinajstić information content (AvgIpc) is 3.30. The molecule has 2 amide bonds. The highest BCUT2D eigenvalue weighted by Crippen LogP contribution is 2.37. The van der Waals surface area contributed by atoms with Crippen molar-refractivity contribution < 1.29 is 14.3 Å². The van der Waals surface area contributed by atoms with Gasteiger partial charge in [0.05, 0.1) is 7.11 Å². The standard InChI is InChI=1S/C28H34N2O3/c1-33-24-9-4-6-20(18-24)11-14-27(31)29-17-15-22-19-23(12-13-26(22)29)28(32)30-16-5-8-21-7-2-3-10-25(21)30/h4,6,9,12-13,18-19,21,25H,2-3,5,7-8,10-11,14-17H2,1H3. The van der Waals surface area contributed by atoms with Gasteiger partial charge in [-0.3, -0.25) is 9.59 Å². The molecule has 2 atom stereocenters. The molecule has 0 bridgehead atoms. The van der Waals surface area contributed by atoms with Crippen molar-refractivity contribution in [1.82, 2.24) is 4.90 Å². The van der Waals surface area contributed by atoms with Crippen molar-refractivity contribution >= 4 is 17.5 Å². The van der Waals surface area contributed by atoms with E-state index >= 15 is 0 Å². The monoisotopic (exact) mass is 446 g/mol. The van der Waals surface area contributed by atoms with Crippen molar-refractivity contribution in [3.8, 4) is 5.75 Å². The zero-order valence-electron chi connectivity index (χ0n) is 19.6. The van der Waals surface area contributed by atoms with Gasteiger partial charge in [-0.15, -0.1) is 0 Å². The number of fused-ring (bicyclic) bond motifs is 2. The van der Waals surface area contributed by atoms with Crippen LogP contribution in [0.1, 0.15) is 66.4 Å². The second-order valence-corrected chi connectivity index (χ2v) is 9.74. The van der Waals surface area contributed by atoms with Crippen LogP contribution in [-0.4, -0.2) is 43.0 Å². The van der Waals surface area contributed by atoms with Gasteiger partial charge < -0.3 is 14.5 Å². The number of nitrogens with zero attached hydrogens (tertiary/aromatic N) is 2. The van der Waals surface area contributed by atoms with Gasteiger partial charge in [-0.25, -0.2) is 0 Å². The van der Waals surface area contributed by atoms with E-state index < -0.39 is 0 Å². The number of aryl methyl sites for hydroxylation is 1. The van der Waals surface area contributed by atoms with Gasteiger partial charge in [0.25, 0.3) is 5.91 Å². The molecule has 5 nitrogen and oxygen atoms in total. The van der Waals surface area contributed by atoms with Crippen LogP contribution in [0.15, 0.2) is 42.5 Å². The fraction of sp³-hybridized carbons (Fsp3) is 0.500. The predicted octanol–water partition coefficient (Wildman–Crippen LogP) is 5.01. The fourth-order valence-electron chi connectivity index (χ4n) is 6.05. The third kappa shape index (κ3) is 4.50. The molecular formula is C28H34N2O3. The Labute approximate surface area is 196 Å². The number of anilines is 1. The highest BCUT2D eigenvalue weighted by Gasteiger charge is 2.36. The van der Waals surface area contributed by atoms with E-state index in [-0.39, 0.29) is 11.8 Å². The number of carbonyl (C=O) groups excluding carboxylic acids is 2. The lowest BCUT2D eigenvalue weighted by Crippen LogP contribution is -2.49. The summed E-state index contributed by atoms with van der Waals surface area (Å²) in [6.07, 6.45) is 9.32. The summed E-state index contributed by atoms with van der Waals surface area (Å²) in [5.74, 6) is 1.81. The smallest absolute Gasteiger partial charge is 0.254 e. The van der Waals surface area contributed by atoms with Crippen molar-refractivity contribution in [3.05, 3.63) is 59.2 Å². The quantitative estimate of drug-likeness (QED) is 0.649. The van der Waals surface area contributed by atoms with Crippen LogP contribution in [0.2, 0.25) is 0 Å². The summed E-state index contributed by atoms with van der Waals surface area (Å²) < 4.78 is 5.29.